The summed E-state index contributed by atoms with van der Waals surface area (Å²) in [7, 11) is 0. The Hall–Kier alpha value is -2.10. The van der Waals surface area contributed by atoms with Crippen molar-refractivity contribution in [2.24, 2.45) is 0 Å². The summed E-state index contributed by atoms with van der Waals surface area (Å²) < 4.78 is 0. The van der Waals surface area contributed by atoms with Crippen LogP contribution in [0.5, 0.6) is 0 Å². The Labute approximate surface area is 189 Å². The Bertz CT molecular complexity index is 612. The van der Waals surface area contributed by atoms with Crippen LogP contribution in [0.4, 0.5) is 0 Å². The van der Waals surface area contributed by atoms with Crippen LogP contribution in [0.15, 0.2) is 42.5 Å². The summed E-state index contributed by atoms with van der Waals surface area (Å²) in [5, 5.41) is 9.12. The quantitative estimate of drug-likeness (QED) is 0.188. The molecule has 0 radical (unpaired) electrons. The summed E-state index contributed by atoms with van der Waals surface area (Å²) in [4.78, 5) is 25.0. The molecule has 174 valence electrons. The van der Waals surface area contributed by atoms with Crippen LogP contribution in [0.3, 0.4) is 0 Å². The summed E-state index contributed by atoms with van der Waals surface area (Å²) in [5.41, 5.74) is 0.960. The fourth-order valence-corrected chi connectivity index (χ4v) is 3.70. The molecule has 0 atom stereocenters. The Morgan fingerprint density at radius 1 is 0.806 bits per heavy atom. The van der Waals surface area contributed by atoms with E-state index in [2.05, 4.69) is 19.1 Å². The normalized spacial score (nSPS) is 11.1. The number of carboxylic acid groups (broad SMARTS) is 1. The van der Waals surface area contributed by atoms with Gasteiger partial charge in [0, 0.05) is 13.0 Å². The minimum atomic E-state index is -0.964. The van der Waals surface area contributed by atoms with Crippen LogP contribution in [0.1, 0.15) is 102 Å². The van der Waals surface area contributed by atoms with Gasteiger partial charge in [-0.15, -0.1) is 0 Å². The average Bonchev–Trinajstić information content (AvgIpc) is 2.76. The van der Waals surface area contributed by atoms with Crippen molar-refractivity contribution in [1.82, 2.24) is 4.90 Å². The first kappa shape index (κ1) is 26.9. The van der Waals surface area contributed by atoms with E-state index in [1.165, 1.54) is 62.7 Å². The van der Waals surface area contributed by atoms with Gasteiger partial charge in [-0.2, -0.15) is 0 Å². The number of carboxylic acids is 1. The van der Waals surface area contributed by atoms with Gasteiger partial charge < -0.3 is 10.0 Å². The summed E-state index contributed by atoms with van der Waals surface area (Å²) >= 11 is 0. The van der Waals surface area contributed by atoms with E-state index < -0.39 is 5.97 Å². The molecule has 1 amide bonds. The molecule has 4 heteroatoms. The maximum absolute atomic E-state index is 12.5. The van der Waals surface area contributed by atoms with Crippen molar-refractivity contribution in [3.05, 3.63) is 48.0 Å². The maximum Gasteiger partial charge on any atom is 0.323 e. The van der Waals surface area contributed by atoms with Crippen LogP contribution < -0.4 is 0 Å². The van der Waals surface area contributed by atoms with E-state index >= 15 is 0 Å². The summed E-state index contributed by atoms with van der Waals surface area (Å²) in [5.74, 6) is -1.03. The second-order valence-corrected chi connectivity index (χ2v) is 8.46. The Balaban J connectivity index is 2.06. The van der Waals surface area contributed by atoms with Gasteiger partial charge in [0.1, 0.15) is 6.54 Å². The molecule has 0 saturated carbocycles. The molecule has 0 spiro atoms. The predicted octanol–water partition coefficient (Wildman–Crippen LogP) is 7.14. The van der Waals surface area contributed by atoms with Gasteiger partial charge in [-0.1, -0.05) is 101 Å². The highest BCUT2D eigenvalue weighted by molar-refractivity contribution is 5.81. The van der Waals surface area contributed by atoms with Gasteiger partial charge in [0.25, 0.3) is 0 Å². The smallest absolute Gasteiger partial charge is 0.323 e. The molecule has 1 aromatic rings. The molecular formula is C27H43NO3. The molecule has 0 fully saturated rings. The molecule has 1 aromatic carbocycles. The Kier molecular flexibility index (Phi) is 16.2. The molecule has 0 bridgehead atoms. The molecule has 0 unspecified atom stereocenters. The second kappa shape index (κ2) is 18.7. The molecule has 0 aromatic heterocycles. The third kappa shape index (κ3) is 15.4. The number of unbranched alkanes of at least 4 members (excludes halogenated alkanes) is 11. The maximum atomic E-state index is 12.5. The van der Waals surface area contributed by atoms with Crippen LogP contribution in [-0.4, -0.2) is 28.4 Å². The fourth-order valence-electron chi connectivity index (χ4n) is 3.70. The van der Waals surface area contributed by atoms with Gasteiger partial charge in [-0.25, -0.2) is 0 Å². The minimum absolute atomic E-state index is 0.0659. The lowest BCUT2D eigenvalue weighted by molar-refractivity contribution is -0.145. The summed E-state index contributed by atoms with van der Waals surface area (Å²) in [6.45, 7) is 2.38. The van der Waals surface area contributed by atoms with Crippen molar-refractivity contribution in [2.45, 2.75) is 103 Å². The third-order valence-corrected chi connectivity index (χ3v) is 5.55. The van der Waals surface area contributed by atoms with Crippen molar-refractivity contribution < 1.29 is 14.7 Å². The fraction of sp³-hybridized carbons (Fsp3) is 0.630. The van der Waals surface area contributed by atoms with E-state index in [1.807, 2.05) is 30.3 Å². The van der Waals surface area contributed by atoms with E-state index in [-0.39, 0.29) is 12.5 Å². The molecule has 0 aliphatic heterocycles. The largest absolute Gasteiger partial charge is 0.480 e. The van der Waals surface area contributed by atoms with Crippen molar-refractivity contribution >= 4 is 11.9 Å². The highest BCUT2D eigenvalue weighted by Crippen LogP contribution is 2.12. The van der Waals surface area contributed by atoms with E-state index in [0.717, 1.165) is 31.2 Å². The Morgan fingerprint density at radius 3 is 1.94 bits per heavy atom. The number of amides is 1. The van der Waals surface area contributed by atoms with E-state index in [1.54, 1.807) is 0 Å². The zero-order valence-electron chi connectivity index (χ0n) is 19.6. The second-order valence-electron chi connectivity index (χ2n) is 8.46. The number of aliphatic carboxylic acids is 1. The van der Waals surface area contributed by atoms with Gasteiger partial charge in [-0.05, 0) is 37.7 Å². The SMILES string of the molecule is CCCCCCCC/C=C\CCCCCCCC(=O)N(CC(=O)O)Cc1ccccc1. The van der Waals surface area contributed by atoms with Crippen LogP contribution in [0, 0.1) is 0 Å². The Morgan fingerprint density at radius 2 is 1.35 bits per heavy atom. The van der Waals surface area contributed by atoms with E-state index in [9.17, 15) is 9.59 Å². The number of allylic oxidation sites excluding steroid dienone is 2. The number of carbonyl (C=O) groups excluding carboxylic acids is 1. The zero-order valence-corrected chi connectivity index (χ0v) is 19.6. The van der Waals surface area contributed by atoms with E-state index in [0.29, 0.717) is 13.0 Å². The molecule has 0 aliphatic rings. The molecule has 4 nitrogen and oxygen atoms in total. The summed E-state index contributed by atoms with van der Waals surface area (Å²) in [6, 6.07) is 9.57. The van der Waals surface area contributed by atoms with Crippen LogP contribution in [0.25, 0.3) is 0 Å². The van der Waals surface area contributed by atoms with Gasteiger partial charge >= 0.3 is 5.97 Å². The standard InChI is InChI=1S/C27H43NO3/c1-2-3-4-5-6-7-8-9-10-11-12-13-14-15-19-22-26(29)28(24-27(30)31)23-25-20-17-16-18-21-25/h9-10,16-18,20-21H,2-8,11-15,19,22-24H2,1H3,(H,30,31)/b10-9-. The topological polar surface area (TPSA) is 57.6 Å². The van der Waals surface area contributed by atoms with Gasteiger partial charge in [0.15, 0.2) is 0 Å². The number of nitrogens with zero attached hydrogens (tertiary/aromatic N) is 1. The van der Waals surface area contributed by atoms with Crippen molar-refractivity contribution in [3.8, 4) is 0 Å². The third-order valence-electron chi connectivity index (χ3n) is 5.55. The number of hydrogen-bond acceptors (Lipinski definition) is 2. The van der Waals surface area contributed by atoms with Crippen LogP contribution >= 0.6 is 0 Å². The van der Waals surface area contributed by atoms with Crippen molar-refractivity contribution in [2.75, 3.05) is 6.54 Å². The minimum Gasteiger partial charge on any atom is -0.480 e. The number of carbonyl (C=O) groups is 2. The number of benzene rings is 1. The monoisotopic (exact) mass is 429 g/mol. The lowest BCUT2D eigenvalue weighted by Gasteiger charge is -2.21. The van der Waals surface area contributed by atoms with Crippen LogP contribution in [0.2, 0.25) is 0 Å². The zero-order chi connectivity index (χ0) is 22.6. The van der Waals surface area contributed by atoms with E-state index in [4.69, 9.17) is 5.11 Å². The van der Waals surface area contributed by atoms with Gasteiger partial charge in [0.05, 0.1) is 0 Å². The molecule has 1 N–H and O–H groups in total. The first-order valence-electron chi connectivity index (χ1n) is 12.3. The van der Waals surface area contributed by atoms with Crippen molar-refractivity contribution in [1.29, 1.82) is 0 Å². The first-order chi connectivity index (χ1) is 15.1. The number of rotatable bonds is 19. The molecule has 1 rings (SSSR count). The lowest BCUT2D eigenvalue weighted by Crippen LogP contribution is -2.35. The number of hydrogen-bond donors (Lipinski definition) is 1. The van der Waals surface area contributed by atoms with Crippen LogP contribution in [-0.2, 0) is 16.1 Å². The molecule has 0 saturated heterocycles. The predicted molar refractivity (Wildman–Crippen MR) is 129 cm³/mol. The molecule has 0 aliphatic carbocycles. The highest BCUT2D eigenvalue weighted by atomic mass is 16.4. The van der Waals surface area contributed by atoms with Gasteiger partial charge in [0.2, 0.25) is 5.91 Å². The molecule has 31 heavy (non-hydrogen) atoms. The first-order valence-corrected chi connectivity index (χ1v) is 12.3. The average molecular weight is 430 g/mol. The molecular weight excluding hydrogens is 386 g/mol. The molecule has 0 heterocycles. The lowest BCUT2D eigenvalue weighted by atomic mass is 10.1. The van der Waals surface area contributed by atoms with Crippen molar-refractivity contribution in [3.63, 3.8) is 0 Å². The van der Waals surface area contributed by atoms with Gasteiger partial charge in [-0.3, -0.25) is 9.59 Å². The highest BCUT2D eigenvalue weighted by Gasteiger charge is 2.16. The summed E-state index contributed by atoms with van der Waals surface area (Å²) in [6.07, 6.45) is 21.0.